The fourth-order valence-electron chi connectivity index (χ4n) is 3.29. The van der Waals surface area contributed by atoms with Crippen molar-refractivity contribution in [2.45, 2.75) is 10.9 Å². The number of nitrogens with one attached hydrogen (secondary N) is 1. The van der Waals surface area contributed by atoms with Crippen LogP contribution in [0.25, 0.3) is 0 Å². The number of benzene rings is 3. The fourth-order valence-corrected chi connectivity index (χ4v) is 4.71. The van der Waals surface area contributed by atoms with Crippen LogP contribution in [-0.4, -0.2) is 46.9 Å². The van der Waals surface area contributed by atoms with Crippen molar-refractivity contribution in [1.29, 1.82) is 0 Å². The third-order valence-electron chi connectivity index (χ3n) is 4.98. The smallest absolute Gasteiger partial charge is 0.264 e. The van der Waals surface area contributed by atoms with E-state index in [1.54, 1.807) is 36.4 Å². The van der Waals surface area contributed by atoms with E-state index in [4.69, 9.17) is 11.6 Å². The van der Waals surface area contributed by atoms with Crippen LogP contribution in [0.2, 0.25) is 5.02 Å². The molecular weight excluding hydrogens is 446 g/mol. The summed E-state index contributed by atoms with van der Waals surface area (Å²) in [5.74, 6) is -0.344. The normalized spacial score (nSPS) is 12.4. The Morgan fingerprint density at radius 1 is 0.938 bits per heavy atom. The van der Waals surface area contributed by atoms with Gasteiger partial charge in [-0.05, 0) is 56.1 Å². The summed E-state index contributed by atoms with van der Waals surface area (Å²) in [4.78, 5) is 15.0. The van der Waals surface area contributed by atoms with E-state index in [0.29, 0.717) is 17.3 Å². The van der Waals surface area contributed by atoms with E-state index < -0.39 is 10.0 Å². The van der Waals surface area contributed by atoms with Crippen LogP contribution in [0.4, 0.5) is 5.69 Å². The summed E-state index contributed by atoms with van der Waals surface area (Å²) < 4.78 is 27.5. The van der Waals surface area contributed by atoms with Crippen molar-refractivity contribution in [2.24, 2.45) is 0 Å². The zero-order valence-corrected chi connectivity index (χ0v) is 19.8. The lowest BCUT2D eigenvalue weighted by Crippen LogP contribution is -2.35. The molecule has 1 amide bonds. The second-order valence-electron chi connectivity index (χ2n) is 7.68. The highest BCUT2D eigenvalue weighted by Crippen LogP contribution is 2.25. The molecule has 1 N–H and O–H groups in total. The number of hydrogen-bond acceptors (Lipinski definition) is 4. The Kier molecular flexibility index (Phi) is 7.56. The number of amides is 1. The van der Waals surface area contributed by atoms with Gasteiger partial charge < -0.3 is 10.2 Å². The zero-order valence-electron chi connectivity index (χ0n) is 18.2. The molecule has 168 valence electrons. The number of nitrogens with zero attached hydrogens (tertiary/aromatic N) is 2. The minimum Gasteiger partial charge on any atom is -0.344 e. The van der Waals surface area contributed by atoms with Gasteiger partial charge in [0.05, 0.1) is 16.6 Å². The molecule has 0 radical (unpaired) electrons. The van der Waals surface area contributed by atoms with Crippen molar-refractivity contribution in [1.82, 2.24) is 10.2 Å². The highest BCUT2D eigenvalue weighted by atomic mass is 35.5. The average molecular weight is 472 g/mol. The number of carbonyl (C=O) groups excluding carboxylic acids is 1. The Labute approximate surface area is 194 Å². The van der Waals surface area contributed by atoms with E-state index in [9.17, 15) is 13.2 Å². The molecule has 0 spiro atoms. The molecule has 8 heteroatoms. The molecule has 0 aromatic heterocycles. The second kappa shape index (κ2) is 10.2. The van der Waals surface area contributed by atoms with Crippen molar-refractivity contribution < 1.29 is 13.2 Å². The average Bonchev–Trinajstić information content (AvgIpc) is 2.78. The van der Waals surface area contributed by atoms with Crippen LogP contribution in [0, 0.1) is 0 Å². The summed E-state index contributed by atoms with van der Waals surface area (Å²) in [6.07, 6.45) is 0. The Balaban J connectivity index is 1.86. The molecule has 0 aliphatic carbocycles. The maximum atomic E-state index is 13.2. The highest BCUT2D eigenvalue weighted by Gasteiger charge is 2.23. The molecule has 3 rings (SSSR count). The van der Waals surface area contributed by atoms with Gasteiger partial charge in [-0.15, -0.1) is 0 Å². The predicted molar refractivity (Wildman–Crippen MR) is 129 cm³/mol. The number of anilines is 1. The van der Waals surface area contributed by atoms with Gasteiger partial charge in [0.1, 0.15) is 0 Å². The summed E-state index contributed by atoms with van der Waals surface area (Å²) in [6, 6.07) is 22.0. The molecule has 0 aliphatic heterocycles. The van der Waals surface area contributed by atoms with Crippen molar-refractivity contribution >= 4 is 33.2 Å². The van der Waals surface area contributed by atoms with Gasteiger partial charge in [-0.2, -0.15) is 0 Å². The Hall–Kier alpha value is -2.87. The molecule has 32 heavy (non-hydrogen) atoms. The lowest BCUT2D eigenvalue weighted by Gasteiger charge is -2.23. The first-order chi connectivity index (χ1) is 15.2. The van der Waals surface area contributed by atoms with Crippen molar-refractivity contribution in [2.75, 3.05) is 32.0 Å². The maximum Gasteiger partial charge on any atom is 0.264 e. The van der Waals surface area contributed by atoms with Crippen LogP contribution in [-0.2, 0) is 10.0 Å². The Bertz CT molecular complexity index is 1180. The molecule has 3 aromatic rings. The van der Waals surface area contributed by atoms with Crippen LogP contribution in [0.5, 0.6) is 0 Å². The summed E-state index contributed by atoms with van der Waals surface area (Å²) in [6.45, 7) is 0.602. The first-order valence-electron chi connectivity index (χ1n) is 10.0. The van der Waals surface area contributed by atoms with Crippen LogP contribution in [0.1, 0.15) is 22.0 Å². The summed E-state index contributed by atoms with van der Waals surface area (Å²) in [7, 11) is 1.44. The van der Waals surface area contributed by atoms with Gasteiger partial charge in [0.2, 0.25) is 0 Å². The molecule has 0 aliphatic rings. The zero-order chi connectivity index (χ0) is 23.3. The van der Waals surface area contributed by atoms with Crippen LogP contribution in [0.15, 0.2) is 83.8 Å². The first-order valence-corrected chi connectivity index (χ1v) is 11.9. The van der Waals surface area contributed by atoms with Gasteiger partial charge in [0.15, 0.2) is 0 Å². The van der Waals surface area contributed by atoms with Gasteiger partial charge in [-0.1, -0.05) is 54.1 Å². The lowest BCUT2D eigenvalue weighted by molar-refractivity contribution is 0.0929. The van der Waals surface area contributed by atoms with Crippen molar-refractivity contribution in [3.05, 3.63) is 95.0 Å². The van der Waals surface area contributed by atoms with Gasteiger partial charge >= 0.3 is 0 Å². The van der Waals surface area contributed by atoms with E-state index >= 15 is 0 Å². The van der Waals surface area contributed by atoms with E-state index in [-0.39, 0.29) is 22.4 Å². The van der Waals surface area contributed by atoms with E-state index in [2.05, 4.69) is 5.32 Å². The lowest BCUT2D eigenvalue weighted by atomic mass is 10.1. The number of halogens is 1. The molecule has 0 heterocycles. The predicted octanol–water partition coefficient (Wildman–Crippen LogP) is 4.20. The van der Waals surface area contributed by atoms with Gasteiger partial charge in [-0.3, -0.25) is 9.10 Å². The second-order valence-corrected chi connectivity index (χ2v) is 10.1. The fraction of sp³-hybridized carbons (Fsp3) is 0.208. The number of sulfonamides is 1. The topological polar surface area (TPSA) is 69.7 Å². The minimum atomic E-state index is -3.88. The molecule has 1 unspecified atom stereocenters. The Morgan fingerprint density at radius 3 is 2.28 bits per heavy atom. The highest BCUT2D eigenvalue weighted by molar-refractivity contribution is 7.92. The van der Waals surface area contributed by atoms with Crippen LogP contribution >= 0.6 is 11.6 Å². The molecule has 6 nitrogen and oxygen atoms in total. The van der Waals surface area contributed by atoms with Gasteiger partial charge in [-0.25, -0.2) is 8.42 Å². The minimum absolute atomic E-state index is 0.0245. The van der Waals surface area contributed by atoms with Crippen molar-refractivity contribution in [3.63, 3.8) is 0 Å². The number of likely N-dealkylation sites (N-methyl/N-ethyl adjacent to an activating group) is 1. The largest absolute Gasteiger partial charge is 0.344 e. The van der Waals surface area contributed by atoms with E-state index in [1.165, 1.54) is 19.2 Å². The summed E-state index contributed by atoms with van der Waals surface area (Å²) in [5.41, 5.74) is 1.67. The molecule has 3 aromatic carbocycles. The van der Waals surface area contributed by atoms with Crippen molar-refractivity contribution in [3.8, 4) is 0 Å². The molecule has 0 bridgehead atoms. The summed E-state index contributed by atoms with van der Waals surface area (Å²) >= 11 is 6.01. The molecule has 0 fully saturated rings. The molecule has 0 saturated heterocycles. The summed E-state index contributed by atoms with van der Waals surface area (Å²) in [5, 5.41) is 3.46. The van der Waals surface area contributed by atoms with Crippen LogP contribution in [0.3, 0.4) is 0 Å². The third kappa shape index (κ3) is 5.68. The molecular formula is C24H26ClN3O3S. The Morgan fingerprint density at radius 2 is 1.62 bits per heavy atom. The standard InChI is InChI=1S/C24H26ClN3O3S/c1-27(2)17-23(18-9-5-4-6-10-18)26-24(29)19-11-7-14-22(15-19)32(30,31)28(3)21-13-8-12-20(25)16-21/h4-16,23H,17H2,1-3H3,(H,26,29). The van der Waals surface area contributed by atoms with E-state index in [0.717, 1.165) is 9.87 Å². The first kappa shape index (κ1) is 23.8. The maximum absolute atomic E-state index is 13.2. The number of carbonyl (C=O) groups is 1. The van der Waals surface area contributed by atoms with Crippen LogP contribution < -0.4 is 9.62 Å². The third-order valence-corrected chi connectivity index (χ3v) is 7.00. The quantitative estimate of drug-likeness (QED) is 0.534. The molecule has 0 saturated carbocycles. The van der Waals surface area contributed by atoms with E-state index in [1.807, 2.05) is 49.3 Å². The monoisotopic (exact) mass is 471 g/mol. The number of rotatable bonds is 8. The van der Waals surface area contributed by atoms with Gasteiger partial charge in [0, 0.05) is 24.2 Å². The SMILES string of the molecule is CN(C)CC(NC(=O)c1cccc(S(=O)(=O)N(C)c2cccc(Cl)c2)c1)c1ccccc1. The molecule has 1 atom stereocenters. The van der Waals surface area contributed by atoms with Gasteiger partial charge in [0.25, 0.3) is 15.9 Å². The number of hydrogen-bond donors (Lipinski definition) is 1.